The van der Waals surface area contributed by atoms with Gasteiger partial charge in [-0.2, -0.15) is 0 Å². The zero-order chi connectivity index (χ0) is 12.7. The van der Waals surface area contributed by atoms with Crippen LogP contribution < -0.4 is 10.5 Å². The van der Waals surface area contributed by atoms with Crippen molar-refractivity contribution < 1.29 is 14.3 Å². The number of carbonyl (C=O) groups is 1. The van der Waals surface area contributed by atoms with Crippen molar-refractivity contribution >= 4 is 5.97 Å². The summed E-state index contributed by atoms with van der Waals surface area (Å²) in [6.07, 6.45) is 0.892. The van der Waals surface area contributed by atoms with Gasteiger partial charge in [0.2, 0.25) is 0 Å². The number of nitrogens with two attached hydrogens (primary N) is 1. The Kier molecular flexibility index (Phi) is 5.49. The molecule has 4 heteroatoms. The molecule has 1 rings (SSSR count). The van der Waals surface area contributed by atoms with Crippen LogP contribution in [0.2, 0.25) is 0 Å². The summed E-state index contributed by atoms with van der Waals surface area (Å²) < 4.78 is 10.0. The van der Waals surface area contributed by atoms with Crippen LogP contribution in [-0.2, 0) is 9.53 Å². The molecule has 1 atom stereocenters. The Labute approximate surface area is 102 Å². The molecule has 0 radical (unpaired) electrons. The minimum Gasteiger partial charge on any atom is -0.482 e. The largest absolute Gasteiger partial charge is 0.482 e. The maximum absolute atomic E-state index is 11.1. The Morgan fingerprint density at radius 1 is 1.29 bits per heavy atom. The molecule has 0 saturated heterocycles. The summed E-state index contributed by atoms with van der Waals surface area (Å²) in [5.41, 5.74) is 6.96. The molecule has 0 aliphatic heterocycles. The van der Waals surface area contributed by atoms with Crippen molar-refractivity contribution in [3.05, 3.63) is 29.8 Å². The summed E-state index contributed by atoms with van der Waals surface area (Å²) in [6, 6.07) is 7.49. The fraction of sp³-hybridized carbons (Fsp3) is 0.462. The van der Waals surface area contributed by atoms with Crippen molar-refractivity contribution in [2.24, 2.45) is 5.73 Å². The first-order valence-corrected chi connectivity index (χ1v) is 5.81. The van der Waals surface area contributed by atoms with Gasteiger partial charge in [-0.15, -0.1) is 0 Å². The van der Waals surface area contributed by atoms with Crippen LogP contribution in [0, 0.1) is 0 Å². The molecule has 0 aliphatic rings. The molecule has 94 valence electrons. The molecule has 0 unspecified atom stereocenters. The van der Waals surface area contributed by atoms with Gasteiger partial charge in [0.15, 0.2) is 6.61 Å². The average molecular weight is 237 g/mol. The lowest BCUT2D eigenvalue weighted by Crippen LogP contribution is -2.14. The van der Waals surface area contributed by atoms with E-state index in [9.17, 15) is 4.79 Å². The van der Waals surface area contributed by atoms with Gasteiger partial charge in [-0.1, -0.05) is 19.1 Å². The minimum atomic E-state index is -0.359. The molecule has 0 saturated carbocycles. The second kappa shape index (κ2) is 6.91. The summed E-state index contributed by atoms with van der Waals surface area (Å²) in [7, 11) is 0. The first-order valence-electron chi connectivity index (χ1n) is 5.81. The van der Waals surface area contributed by atoms with Crippen LogP contribution in [0.4, 0.5) is 0 Å². The summed E-state index contributed by atoms with van der Waals surface area (Å²) in [4.78, 5) is 11.1. The van der Waals surface area contributed by atoms with Gasteiger partial charge >= 0.3 is 5.97 Å². The van der Waals surface area contributed by atoms with Crippen molar-refractivity contribution in [3.63, 3.8) is 0 Å². The molecule has 0 aromatic heterocycles. The predicted octanol–water partition coefficient (Wildman–Crippen LogP) is 2.04. The molecule has 0 spiro atoms. The summed E-state index contributed by atoms with van der Waals surface area (Å²) >= 11 is 0. The highest BCUT2D eigenvalue weighted by Crippen LogP contribution is 2.18. The van der Waals surface area contributed by atoms with Gasteiger partial charge in [0.05, 0.1) is 6.61 Å². The molecule has 0 amide bonds. The number of ether oxygens (including phenoxy) is 2. The lowest BCUT2D eigenvalue weighted by Gasteiger charge is -2.10. The minimum absolute atomic E-state index is 0.0501. The molecule has 0 aliphatic carbocycles. The maximum atomic E-state index is 11.1. The SMILES string of the molecule is CCOC(=O)COc1ccc([C@H](N)CC)cc1. The smallest absolute Gasteiger partial charge is 0.344 e. The van der Waals surface area contributed by atoms with Gasteiger partial charge in [-0.05, 0) is 31.0 Å². The summed E-state index contributed by atoms with van der Waals surface area (Å²) in [5, 5.41) is 0. The first-order chi connectivity index (χ1) is 8.17. The zero-order valence-electron chi connectivity index (χ0n) is 10.3. The van der Waals surface area contributed by atoms with Gasteiger partial charge in [-0.3, -0.25) is 0 Å². The van der Waals surface area contributed by atoms with Gasteiger partial charge in [0.1, 0.15) is 5.75 Å². The Bertz CT molecular complexity index is 348. The van der Waals surface area contributed by atoms with Gasteiger partial charge in [0.25, 0.3) is 0 Å². The molecular weight excluding hydrogens is 218 g/mol. The Balaban J connectivity index is 2.48. The average Bonchev–Trinajstić information content (AvgIpc) is 2.36. The highest BCUT2D eigenvalue weighted by atomic mass is 16.6. The Morgan fingerprint density at radius 2 is 1.94 bits per heavy atom. The molecule has 0 bridgehead atoms. The van der Waals surface area contributed by atoms with Crippen LogP contribution in [0.15, 0.2) is 24.3 Å². The number of rotatable bonds is 6. The molecule has 1 aromatic rings. The monoisotopic (exact) mass is 237 g/mol. The number of benzene rings is 1. The number of esters is 1. The predicted molar refractivity (Wildman–Crippen MR) is 65.8 cm³/mol. The van der Waals surface area contributed by atoms with E-state index in [2.05, 4.69) is 0 Å². The van der Waals surface area contributed by atoms with E-state index in [4.69, 9.17) is 15.2 Å². The Hall–Kier alpha value is -1.55. The third-order valence-electron chi connectivity index (χ3n) is 2.41. The van der Waals surface area contributed by atoms with E-state index in [0.29, 0.717) is 12.4 Å². The quantitative estimate of drug-likeness (QED) is 0.769. The van der Waals surface area contributed by atoms with Crippen molar-refractivity contribution in [2.75, 3.05) is 13.2 Å². The van der Waals surface area contributed by atoms with Crippen LogP contribution in [-0.4, -0.2) is 19.2 Å². The van der Waals surface area contributed by atoms with E-state index in [1.807, 2.05) is 31.2 Å². The molecule has 0 fully saturated rings. The number of carbonyl (C=O) groups excluding carboxylic acids is 1. The van der Waals surface area contributed by atoms with Crippen LogP contribution >= 0.6 is 0 Å². The van der Waals surface area contributed by atoms with Crippen molar-refractivity contribution in [3.8, 4) is 5.75 Å². The van der Waals surface area contributed by atoms with Crippen molar-refractivity contribution in [1.29, 1.82) is 0 Å². The molecule has 1 aromatic carbocycles. The van der Waals surface area contributed by atoms with Gasteiger partial charge < -0.3 is 15.2 Å². The van der Waals surface area contributed by atoms with Crippen molar-refractivity contribution in [1.82, 2.24) is 0 Å². The summed E-state index contributed by atoms with van der Waals surface area (Å²) in [6.45, 7) is 4.11. The third-order valence-corrected chi connectivity index (χ3v) is 2.41. The molecular formula is C13H19NO3. The number of hydrogen-bond donors (Lipinski definition) is 1. The molecule has 4 nitrogen and oxygen atoms in total. The van der Waals surface area contributed by atoms with Crippen LogP contribution in [0.3, 0.4) is 0 Å². The highest BCUT2D eigenvalue weighted by Gasteiger charge is 2.05. The molecule has 17 heavy (non-hydrogen) atoms. The van der Waals surface area contributed by atoms with E-state index < -0.39 is 0 Å². The second-order valence-corrected chi connectivity index (χ2v) is 3.68. The van der Waals surface area contributed by atoms with Crippen LogP contribution in [0.1, 0.15) is 31.9 Å². The Morgan fingerprint density at radius 3 is 2.47 bits per heavy atom. The highest BCUT2D eigenvalue weighted by molar-refractivity contribution is 5.71. The van der Waals surface area contributed by atoms with Gasteiger partial charge in [0, 0.05) is 6.04 Å². The lowest BCUT2D eigenvalue weighted by molar-refractivity contribution is -0.145. The fourth-order valence-corrected chi connectivity index (χ4v) is 1.39. The lowest BCUT2D eigenvalue weighted by atomic mass is 10.1. The second-order valence-electron chi connectivity index (χ2n) is 3.68. The normalized spacial score (nSPS) is 11.9. The topological polar surface area (TPSA) is 61.5 Å². The first kappa shape index (κ1) is 13.5. The van der Waals surface area contributed by atoms with E-state index in [1.165, 1.54) is 0 Å². The standard InChI is InChI=1S/C13H19NO3/c1-3-12(14)10-5-7-11(8-6-10)17-9-13(15)16-4-2/h5-8,12H,3-4,9,14H2,1-2H3/t12-/m1/s1. The number of hydrogen-bond acceptors (Lipinski definition) is 4. The van der Waals surface area contributed by atoms with E-state index in [-0.39, 0.29) is 18.6 Å². The fourth-order valence-electron chi connectivity index (χ4n) is 1.39. The van der Waals surface area contributed by atoms with Crippen LogP contribution in [0.25, 0.3) is 0 Å². The van der Waals surface area contributed by atoms with E-state index in [0.717, 1.165) is 12.0 Å². The maximum Gasteiger partial charge on any atom is 0.344 e. The zero-order valence-corrected chi connectivity index (χ0v) is 10.3. The third kappa shape index (κ3) is 4.44. The van der Waals surface area contributed by atoms with Crippen molar-refractivity contribution in [2.45, 2.75) is 26.3 Å². The van der Waals surface area contributed by atoms with Crippen LogP contribution in [0.5, 0.6) is 5.75 Å². The molecule has 2 N–H and O–H groups in total. The summed E-state index contributed by atoms with van der Waals surface area (Å²) in [5.74, 6) is 0.284. The van der Waals surface area contributed by atoms with E-state index >= 15 is 0 Å². The van der Waals surface area contributed by atoms with E-state index in [1.54, 1.807) is 6.92 Å². The molecule has 0 heterocycles. The van der Waals surface area contributed by atoms with Gasteiger partial charge in [-0.25, -0.2) is 4.79 Å².